The summed E-state index contributed by atoms with van der Waals surface area (Å²) in [4.78, 5) is 34.2. The predicted molar refractivity (Wildman–Crippen MR) is 118 cm³/mol. The van der Waals surface area contributed by atoms with Gasteiger partial charge in [-0.25, -0.2) is 13.8 Å². The van der Waals surface area contributed by atoms with E-state index >= 15 is 0 Å². The van der Waals surface area contributed by atoms with Gasteiger partial charge in [0.25, 0.3) is 5.91 Å². The van der Waals surface area contributed by atoms with Crippen molar-refractivity contribution in [3.8, 4) is 11.4 Å². The largest absolute Gasteiger partial charge is 0.347 e. The molecule has 174 valence electrons. The van der Waals surface area contributed by atoms with E-state index in [1.165, 1.54) is 11.0 Å². The average Bonchev–Trinajstić information content (AvgIpc) is 3.05. The van der Waals surface area contributed by atoms with Gasteiger partial charge in [-0.05, 0) is 37.6 Å². The van der Waals surface area contributed by atoms with Crippen LogP contribution >= 0.6 is 0 Å². The molecule has 0 fully saturated rings. The Kier molecular flexibility index (Phi) is 6.42. The number of fused-ring (bicyclic) bond motifs is 1. The summed E-state index contributed by atoms with van der Waals surface area (Å²) in [5, 5.41) is 2.86. The van der Waals surface area contributed by atoms with E-state index in [1.54, 1.807) is 14.1 Å². The third-order valence-electron chi connectivity index (χ3n) is 5.89. The zero-order chi connectivity index (χ0) is 24.0. The van der Waals surface area contributed by atoms with Crippen LogP contribution in [0.15, 0.2) is 18.2 Å². The molecule has 0 bridgehead atoms. The molecule has 0 saturated heterocycles. The first-order valence-electron chi connectivity index (χ1n) is 10.6. The van der Waals surface area contributed by atoms with Crippen LogP contribution in [-0.4, -0.2) is 64.4 Å². The van der Waals surface area contributed by atoms with Gasteiger partial charge in [0.15, 0.2) is 17.3 Å². The summed E-state index contributed by atoms with van der Waals surface area (Å²) in [6, 6.07) is 2.99. The molecule has 2 aromatic rings. The van der Waals surface area contributed by atoms with Gasteiger partial charge in [-0.2, -0.15) is 0 Å². The van der Waals surface area contributed by atoms with E-state index < -0.39 is 29.0 Å². The van der Waals surface area contributed by atoms with Crippen LogP contribution in [0.4, 0.5) is 8.78 Å². The summed E-state index contributed by atoms with van der Waals surface area (Å²) in [6.45, 7) is 8.68. The van der Waals surface area contributed by atoms with Crippen LogP contribution < -0.4 is 5.32 Å². The fourth-order valence-electron chi connectivity index (χ4n) is 3.78. The van der Waals surface area contributed by atoms with Gasteiger partial charge in [-0.3, -0.25) is 14.5 Å². The van der Waals surface area contributed by atoms with Gasteiger partial charge in [0.2, 0.25) is 5.91 Å². The summed E-state index contributed by atoms with van der Waals surface area (Å²) in [5.74, 6) is -2.21. The van der Waals surface area contributed by atoms with E-state index in [4.69, 9.17) is 0 Å². The quantitative estimate of drug-likeness (QED) is 0.783. The highest BCUT2D eigenvalue weighted by Gasteiger charge is 2.36. The number of hydrogen-bond acceptors (Lipinski definition) is 4. The monoisotopic (exact) mass is 447 g/mol. The topological polar surface area (TPSA) is 70.5 Å². The summed E-state index contributed by atoms with van der Waals surface area (Å²) >= 11 is 0. The number of aromatic nitrogens is 2. The molecule has 1 N–H and O–H groups in total. The van der Waals surface area contributed by atoms with Crippen LogP contribution in [-0.2, 0) is 17.9 Å². The molecule has 2 amide bonds. The van der Waals surface area contributed by atoms with E-state index in [0.717, 1.165) is 12.1 Å². The van der Waals surface area contributed by atoms with Crippen molar-refractivity contribution in [1.82, 2.24) is 24.7 Å². The molecule has 2 atom stereocenters. The number of rotatable bonds is 4. The molecule has 32 heavy (non-hydrogen) atoms. The number of nitrogens with zero attached hydrogens (tertiary/aromatic N) is 4. The second-order valence-electron chi connectivity index (χ2n) is 9.74. The van der Waals surface area contributed by atoms with Crippen molar-refractivity contribution in [2.45, 2.75) is 52.9 Å². The highest BCUT2D eigenvalue weighted by molar-refractivity contribution is 5.97. The van der Waals surface area contributed by atoms with Crippen molar-refractivity contribution in [2.75, 3.05) is 21.1 Å². The predicted octanol–water partition coefficient (Wildman–Crippen LogP) is 2.89. The standard InChI is InChI=1S/C23H31F2N5O2/c1-13-11-30-17(12-29(13)7)18(26-20(30)14-8-9-15(24)16(25)10-14)21(31)27-19(23(2,3)4)22(32)28(5)6/h8-10,13,19H,11-12H2,1-7H3,(H,27,31). The lowest BCUT2D eigenvalue weighted by Gasteiger charge is -2.33. The molecule has 2 heterocycles. The molecule has 7 nitrogen and oxygen atoms in total. The molecule has 0 aliphatic carbocycles. The van der Waals surface area contributed by atoms with E-state index in [2.05, 4.69) is 15.2 Å². The lowest BCUT2D eigenvalue weighted by molar-refractivity contribution is -0.133. The second-order valence-corrected chi connectivity index (χ2v) is 9.74. The number of likely N-dealkylation sites (N-methyl/N-ethyl adjacent to an activating group) is 2. The van der Waals surface area contributed by atoms with Crippen molar-refractivity contribution in [3.63, 3.8) is 0 Å². The van der Waals surface area contributed by atoms with Gasteiger partial charge in [0, 0.05) is 38.8 Å². The molecule has 3 rings (SSSR count). The van der Waals surface area contributed by atoms with Gasteiger partial charge in [0.1, 0.15) is 11.9 Å². The fourth-order valence-corrected chi connectivity index (χ4v) is 3.78. The Bertz CT molecular complexity index is 1040. The van der Waals surface area contributed by atoms with E-state index in [9.17, 15) is 18.4 Å². The van der Waals surface area contributed by atoms with Crippen LogP contribution in [0.3, 0.4) is 0 Å². The van der Waals surface area contributed by atoms with E-state index in [0.29, 0.717) is 30.2 Å². The fraction of sp³-hybridized carbons (Fsp3) is 0.522. The lowest BCUT2D eigenvalue weighted by Crippen LogP contribution is -2.53. The first kappa shape index (κ1) is 23.8. The Morgan fingerprint density at radius 1 is 1.22 bits per heavy atom. The molecule has 0 saturated carbocycles. The molecule has 9 heteroatoms. The van der Waals surface area contributed by atoms with Crippen molar-refractivity contribution in [2.24, 2.45) is 5.41 Å². The SMILES string of the molecule is CC1Cn2c(-c3ccc(F)c(F)c3)nc(C(=O)NC(C(=O)N(C)C)C(C)(C)C)c2CN1C. The van der Waals surface area contributed by atoms with Crippen molar-refractivity contribution < 1.29 is 18.4 Å². The van der Waals surface area contributed by atoms with Crippen LogP contribution in [0.5, 0.6) is 0 Å². The highest BCUT2D eigenvalue weighted by Crippen LogP contribution is 2.29. The third kappa shape index (κ3) is 4.53. The van der Waals surface area contributed by atoms with Crippen LogP contribution in [0.1, 0.15) is 43.9 Å². The summed E-state index contributed by atoms with van der Waals surface area (Å²) in [6.07, 6.45) is 0. The van der Waals surface area contributed by atoms with Crippen molar-refractivity contribution in [3.05, 3.63) is 41.2 Å². The molecule has 2 unspecified atom stereocenters. The number of halogens is 2. The van der Waals surface area contributed by atoms with E-state index in [1.807, 2.05) is 39.3 Å². The Morgan fingerprint density at radius 3 is 2.44 bits per heavy atom. The Balaban J connectivity index is 2.07. The van der Waals surface area contributed by atoms with E-state index in [-0.39, 0.29) is 17.6 Å². The number of carbonyl (C=O) groups excluding carboxylic acids is 2. The van der Waals surface area contributed by atoms with Crippen molar-refractivity contribution in [1.29, 1.82) is 0 Å². The number of hydrogen-bond donors (Lipinski definition) is 1. The van der Waals surface area contributed by atoms with Gasteiger partial charge in [-0.15, -0.1) is 0 Å². The number of carbonyl (C=O) groups is 2. The maximum atomic E-state index is 13.9. The Morgan fingerprint density at radius 2 is 1.88 bits per heavy atom. The smallest absolute Gasteiger partial charge is 0.272 e. The first-order chi connectivity index (χ1) is 14.8. The Hall–Kier alpha value is -2.81. The molecule has 1 aliphatic heterocycles. The number of benzene rings is 1. The highest BCUT2D eigenvalue weighted by atomic mass is 19.2. The molecule has 1 aromatic carbocycles. The zero-order valence-corrected chi connectivity index (χ0v) is 19.7. The van der Waals surface area contributed by atoms with Gasteiger partial charge < -0.3 is 14.8 Å². The number of amides is 2. The molecule has 1 aliphatic rings. The third-order valence-corrected chi connectivity index (χ3v) is 5.89. The maximum Gasteiger partial charge on any atom is 0.272 e. The van der Waals surface area contributed by atoms with Gasteiger partial charge in [0.05, 0.1) is 5.69 Å². The Labute approximate surface area is 187 Å². The van der Waals surface area contributed by atoms with Gasteiger partial charge >= 0.3 is 0 Å². The molecule has 1 aromatic heterocycles. The summed E-state index contributed by atoms with van der Waals surface area (Å²) in [7, 11) is 5.24. The summed E-state index contributed by atoms with van der Waals surface area (Å²) < 4.78 is 29.3. The molecule has 0 radical (unpaired) electrons. The van der Waals surface area contributed by atoms with Crippen LogP contribution in [0, 0.1) is 17.0 Å². The average molecular weight is 448 g/mol. The minimum Gasteiger partial charge on any atom is -0.347 e. The molecule has 0 spiro atoms. The van der Waals surface area contributed by atoms with Crippen molar-refractivity contribution >= 4 is 11.8 Å². The number of imidazole rings is 1. The van der Waals surface area contributed by atoms with Crippen LogP contribution in [0.2, 0.25) is 0 Å². The summed E-state index contributed by atoms with van der Waals surface area (Å²) in [5.41, 5.74) is 0.722. The van der Waals surface area contributed by atoms with Gasteiger partial charge in [-0.1, -0.05) is 20.8 Å². The first-order valence-corrected chi connectivity index (χ1v) is 10.6. The lowest BCUT2D eigenvalue weighted by atomic mass is 9.85. The minimum absolute atomic E-state index is 0.161. The molecular formula is C23H31F2N5O2. The number of nitrogens with one attached hydrogen (secondary N) is 1. The van der Waals surface area contributed by atoms with Crippen LogP contribution in [0.25, 0.3) is 11.4 Å². The molecular weight excluding hydrogens is 416 g/mol. The minimum atomic E-state index is -0.976. The zero-order valence-electron chi connectivity index (χ0n) is 19.7. The normalized spacial score (nSPS) is 17.6. The second kappa shape index (κ2) is 8.61. The maximum absolute atomic E-state index is 13.9.